The number of ketones is 1. The van der Waals surface area contributed by atoms with Gasteiger partial charge in [-0.05, 0) is 50.2 Å². The molecule has 0 aliphatic carbocycles. The van der Waals surface area contributed by atoms with E-state index in [1.807, 2.05) is 0 Å². The number of nitrogens with zero attached hydrogens (tertiary/aromatic N) is 8. The summed E-state index contributed by atoms with van der Waals surface area (Å²) in [6.07, 6.45) is -4.56. The van der Waals surface area contributed by atoms with Crippen LogP contribution in [0.1, 0.15) is 31.8 Å². The number of Topliss-reactive ketones (excluding diaryl/α,β-unsaturated/α-hetero) is 1. The van der Waals surface area contributed by atoms with Crippen LogP contribution in [-0.4, -0.2) is 68.6 Å². The van der Waals surface area contributed by atoms with E-state index < -0.39 is 30.1 Å². The predicted octanol–water partition coefficient (Wildman–Crippen LogP) is 2.98. The standard InChI is InChI=1S/C26H24ClF3N8O4/c1-15-11-25(2,42-35-15)20(39)10-18-19(4-3-9-31-18)38-14-32-22(33-38)13-37-24(41)36(12-21(40)26(28,29)30)23(34-37)16-5-7-17(27)8-6-16/h3-9,14,21,40H,10-13H2,1-2H3/t21-,25?/m0/s1. The number of hydrogen-bond acceptors (Lipinski definition) is 9. The first-order chi connectivity index (χ1) is 19.8. The molecule has 12 nitrogen and oxygen atoms in total. The number of hydrogen-bond donors (Lipinski definition) is 1. The van der Waals surface area contributed by atoms with Gasteiger partial charge in [-0.15, -0.1) is 10.2 Å². The minimum absolute atomic E-state index is 0.0689. The van der Waals surface area contributed by atoms with E-state index in [9.17, 15) is 27.9 Å². The molecule has 0 bridgehead atoms. The fourth-order valence-electron chi connectivity index (χ4n) is 4.41. The van der Waals surface area contributed by atoms with E-state index in [0.717, 1.165) is 9.25 Å². The molecule has 0 amide bonds. The van der Waals surface area contributed by atoms with Crippen molar-refractivity contribution >= 4 is 23.1 Å². The molecule has 0 saturated heterocycles. The molecule has 0 fully saturated rings. The number of carbonyl (C=O) groups excluding carboxylic acids is 1. The van der Waals surface area contributed by atoms with Crippen molar-refractivity contribution < 1.29 is 27.9 Å². The average molecular weight is 605 g/mol. The number of oxime groups is 1. The molecule has 1 aliphatic heterocycles. The van der Waals surface area contributed by atoms with Crippen molar-refractivity contribution in [3.63, 3.8) is 0 Å². The Hall–Kier alpha value is -4.37. The van der Waals surface area contributed by atoms with E-state index in [1.165, 1.54) is 41.5 Å². The average Bonchev–Trinajstić information content (AvgIpc) is 3.63. The van der Waals surface area contributed by atoms with Gasteiger partial charge < -0.3 is 9.94 Å². The van der Waals surface area contributed by atoms with Crippen molar-refractivity contribution in [2.75, 3.05) is 0 Å². The van der Waals surface area contributed by atoms with Crippen molar-refractivity contribution in [3.05, 3.63) is 75.9 Å². The SMILES string of the molecule is CC1=NOC(C)(C(=O)Cc2ncccc2-n2cnc(Cn3nc(-c4ccc(Cl)cc4)n(C[C@H](O)C(F)(F)F)c3=O)n2)C1. The fourth-order valence-corrected chi connectivity index (χ4v) is 4.54. The lowest BCUT2D eigenvalue weighted by molar-refractivity contribution is -0.207. The maximum atomic E-state index is 13.2. The zero-order valence-corrected chi connectivity index (χ0v) is 23.0. The number of carbonyl (C=O) groups is 1. The molecule has 1 aliphatic rings. The van der Waals surface area contributed by atoms with E-state index in [4.69, 9.17) is 16.4 Å². The third-order valence-corrected chi connectivity index (χ3v) is 6.87. The van der Waals surface area contributed by atoms with Gasteiger partial charge in [0.1, 0.15) is 12.9 Å². The molecule has 5 rings (SSSR count). The summed E-state index contributed by atoms with van der Waals surface area (Å²) in [5, 5.41) is 22.5. The highest BCUT2D eigenvalue weighted by Gasteiger charge is 2.41. The Morgan fingerprint density at radius 3 is 2.60 bits per heavy atom. The molecule has 42 heavy (non-hydrogen) atoms. The van der Waals surface area contributed by atoms with E-state index in [2.05, 4.69) is 25.3 Å². The molecular weight excluding hydrogens is 581 g/mol. The lowest BCUT2D eigenvalue weighted by Crippen LogP contribution is -2.37. The van der Waals surface area contributed by atoms with Crippen LogP contribution in [0.25, 0.3) is 17.1 Å². The first-order valence-corrected chi connectivity index (χ1v) is 13.0. The van der Waals surface area contributed by atoms with E-state index in [-0.39, 0.29) is 30.4 Å². The van der Waals surface area contributed by atoms with Crippen LogP contribution in [-0.2, 0) is 29.1 Å². The Morgan fingerprint density at radius 2 is 1.93 bits per heavy atom. The number of benzene rings is 1. The summed E-state index contributed by atoms with van der Waals surface area (Å²) < 4.78 is 42.4. The largest absolute Gasteiger partial charge is 0.416 e. The monoisotopic (exact) mass is 604 g/mol. The fraction of sp³-hybridized carbons (Fsp3) is 0.346. The van der Waals surface area contributed by atoms with Gasteiger partial charge in [-0.2, -0.15) is 13.2 Å². The molecule has 2 atom stereocenters. The second-order valence-electron chi connectivity index (χ2n) is 9.94. The van der Waals surface area contributed by atoms with Crippen molar-refractivity contribution in [1.82, 2.24) is 34.1 Å². The van der Waals surface area contributed by atoms with Gasteiger partial charge in [0.25, 0.3) is 0 Å². The summed E-state index contributed by atoms with van der Waals surface area (Å²) in [5.41, 5.74) is -0.132. The van der Waals surface area contributed by atoms with Gasteiger partial charge in [0.15, 0.2) is 29.1 Å². The lowest BCUT2D eigenvalue weighted by atomic mass is 9.92. The van der Waals surface area contributed by atoms with E-state index in [0.29, 0.717) is 34.1 Å². The van der Waals surface area contributed by atoms with Gasteiger partial charge in [-0.25, -0.2) is 19.1 Å². The minimum Gasteiger partial charge on any atom is -0.382 e. The summed E-state index contributed by atoms with van der Waals surface area (Å²) in [6, 6.07) is 9.32. The van der Waals surface area contributed by atoms with Crippen molar-refractivity contribution in [2.45, 2.75) is 57.7 Å². The number of aliphatic hydroxyl groups is 1. The Kier molecular flexibility index (Phi) is 7.72. The number of pyridine rings is 1. The maximum absolute atomic E-state index is 13.2. The van der Waals surface area contributed by atoms with Crippen LogP contribution < -0.4 is 5.69 Å². The smallest absolute Gasteiger partial charge is 0.382 e. The summed E-state index contributed by atoms with van der Waals surface area (Å²) in [5.74, 6) is -0.220. The van der Waals surface area contributed by atoms with Crippen LogP contribution in [0, 0.1) is 0 Å². The molecule has 0 saturated carbocycles. The van der Waals surface area contributed by atoms with Crippen molar-refractivity contribution in [1.29, 1.82) is 0 Å². The number of rotatable bonds is 9. The van der Waals surface area contributed by atoms with Crippen molar-refractivity contribution in [3.8, 4) is 17.1 Å². The van der Waals surface area contributed by atoms with Crippen molar-refractivity contribution in [2.24, 2.45) is 5.16 Å². The third-order valence-electron chi connectivity index (χ3n) is 6.62. The van der Waals surface area contributed by atoms with Crippen LogP contribution in [0.3, 0.4) is 0 Å². The zero-order valence-electron chi connectivity index (χ0n) is 22.3. The van der Waals surface area contributed by atoms with Crippen LogP contribution >= 0.6 is 11.6 Å². The van der Waals surface area contributed by atoms with Crippen LogP contribution in [0.15, 0.2) is 58.9 Å². The molecule has 1 unspecified atom stereocenters. The Labute approximate surface area is 241 Å². The van der Waals surface area contributed by atoms with Gasteiger partial charge in [-0.1, -0.05) is 16.8 Å². The molecule has 4 aromatic rings. The maximum Gasteiger partial charge on any atom is 0.416 e. The molecule has 4 heterocycles. The second kappa shape index (κ2) is 11.1. The predicted molar refractivity (Wildman–Crippen MR) is 143 cm³/mol. The highest BCUT2D eigenvalue weighted by atomic mass is 35.5. The topological polar surface area (TPSA) is 142 Å². The quantitative estimate of drug-likeness (QED) is 0.307. The number of alkyl halides is 3. The summed E-state index contributed by atoms with van der Waals surface area (Å²) >= 11 is 5.93. The van der Waals surface area contributed by atoms with Crippen LogP contribution in [0.5, 0.6) is 0 Å². The van der Waals surface area contributed by atoms with Gasteiger partial charge >= 0.3 is 11.9 Å². The van der Waals surface area contributed by atoms with E-state index in [1.54, 1.807) is 26.0 Å². The summed E-state index contributed by atoms with van der Waals surface area (Å²) in [4.78, 5) is 40.1. The second-order valence-corrected chi connectivity index (χ2v) is 10.4. The summed E-state index contributed by atoms with van der Waals surface area (Å²) in [7, 11) is 0. The minimum atomic E-state index is -4.95. The molecule has 0 spiro atoms. The summed E-state index contributed by atoms with van der Waals surface area (Å²) in [6.45, 7) is 2.07. The zero-order chi connectivity index (χ0) is 30.2. The molecule has 220 valence electrons. The van der Waals surface area contributed by atoms with Crippen LogP contribution in [0.4, 0.5) is 13.2 Å². The van der Waals surface area contributed by atoms with Gasteiger partial charge in [0, 0.05) is 23.2 Å². The highest BCUT2D eigenvalue weighted by Crippen LogP contribution is 2.27. The number of halogens is 4. The number of aromatic nitrogens is 7. The highest BCUT2D eigenvalue weighted by molar-refractivity contribution is 6.30. The first kappa shape index (κ1) is 29.1. The van der Waals surface area contributed by atoms with E-state index >= 15 is 0 Å². The lowest BCUT2D eigenvalue weighted by Gasteiger charge is -2.20. The van der Waals surface area contributed by atoms with Crippen LogP contribution in [0.2, 0.25) is 5.02 Å². The van der Waals surface area contributed by atoms with Gasteiger partial charge in [0.2, 0.25) is 0 Å². The Balaban J connectivity index is 1.42. The van der Waals surface area contributed by atoms with Gasteiger partial charge in [0.05, 0.1) is 30.1 Å². The van der Waals surface area contributed by atoms with Gasteiger partial charge in [-0.3, -0.25) is 14.3 Å². The molecular formula is C26H24ClF3N8O4. The third kappa shape index (κ3) is 5.97. The molecule has 1 aromatic carbocycles. The molecule has 0 radical (unpaired) electrons. The normalized spacial score (nSPS) is 17.6. The molecule has 3 aromatic heterocycles. The number of aliphatic hydroxyl groups excluding tert-OH is 1. The molecule has 16 heteroatoms. The molecule has 1 N–H and O–H groups in total. The Morgan fingerprint density at radius 1 is 1.19 bits per heavy atom. The Bertz CT molecular complexity index is 1710. The first-order valence-electron chi connectivity index (χ1n) is 12.6.